The van der Waals surface area contributed by atoms with Crippen molar-refractivity contribution >= 4 is 45.7 Å². The fourth-order valence-corrected chi connectivity index (χ4v) is 4.17. The summed E-state index contributed by atoms with van der Waals surface area (Å²) in [6.45, 7) is 5.41. The summed E-state index contributed by atoms with van der Waals surface area (Å²) in [5, 5.41) is 10.5. The molecule has 4 rings (SSSR count). The van der Waals surface area contributed by atoms with Crippen LogP contribution in [0, 0.1) is 0 Å². The van der Waals surface area contributed by atoms with Crippen molar-refractivity contribution in [3.8, 4) is 5.75 Å². The Morgan fingerprint density at radius 1 is 0.730 bits per heavy atom. The molecule has 0 atom stereocenters. The first kappa shape index (κ1) is 25.4. The van der Waals surface area contributed by atoms with E-state index in [4.69, 9.17) is 4.74 Å². The molecule has 0 radical (unpaired) electrons. The second-order valence-corrected chi connectivity index (χ2v) is 8.55. The van der Waals surface area contributed by atoms with Gasteiger partial charge < -0.3 is 20.7 Å². The van der Waals surface area contributed by atoms with E-state index in [2.05, 4.69) is 16.0 Å². The van der Waals surface area contributed by atoms with Crippen LogP contribution >= 0.6 is 0 Å². The van der Waals surface area contributed by atoms with Crippen molar-refractivity contribution < 1.29 is 19.1 Å². The van der Waals surface area contributed by atoms with Gasteiger partial charge in [0, 0.05) is 18.3 Å². The van der Waals surface area contributed by atoms with Crippen LogP contribution in [0.1, 0.15) is 42.3 Å². The van der Waals surface area contributed by atoms with E-state index in [-0.39, 0.29) is 5.91 Å². The first-order chi connectivity index (χ1) is 17.9. The average molecular weight is 496 g/mol. The minimum atomic E-state index is -0.425. The Hall–Kier alpha value is -4.65. The second-order valence-electron chi connectivity index (χ2n) is 8.55. The van der Waals surface area contributed by atoms with Gasteiger partial charge in [-0.25, -0.2) is 4.79 Å². The van der Waals surface area contributed by atoms with E-state index in [1.807, 2.05) is 56.3 Å². The number of ether oxygens (including phenoxy) is 1. The molecule has 4 aromatic carbocycles. The highest BCUT2D eigenvalue weighted by molar-refractivity contribution is 6.14. The maximum Gasteiger partial charge on any atom is 0.323 e. The number of benzene rings is 4. The van der Waals surface area contributed by atoms with Crippen molar-refractivity contribution in [2.24, 2.45) is 0 Å². The number of urea groups is 1. The molecular weight excluding hydrogens is 466 g/mol. The molecule has 0 fully saturated rings. The molecule has 3 amide bonds. The van der Waals surface area contributed by atoms with E-state index in [9.17, 15) is 14.4 Å². The number of fused-ring (bicyclic) bond motifs is 1. The highest BCUT2D eigenvalue weighted by Gasteiger charge is 2.17. The summed E-state index contributed by atoms with van der Waals surface area (Å²) >= 11 is 0. The number of anilines is 3. The molecule has 0 aliphatic rings. The number of esters is 1. The van der Waals surface area contributed by atoms with Gasteiger partial charge in [-0.2, -0.15) is 0 Å². The minimum absolute atomic E-state index is 0.317. The molecule has 0 unspecified atom stereocenters. The van der Waals surface area contributed by atoms with Crippen LogP contribution in [-0.4, -0.2) is 17.9 Å². The number of amides is 3. The molecule has 0 saturated carbocycles. The highest BCUT2D eigenvalue weighted by atomic mass is 16.5. The Morgan fingerprint density at radius 2 is 1.35 bits per heavy atom. The summed E-state index contributed by atoms with van der Waals surface area (Å²) in [4.78, 5) is 37.6. The molecule has 0 aromatic heterocycles. The molecule has 0 aliphatic heterocycles. The zero-order chi connectivity index (χ0) is 26.4. The van der Waals surface area contributed by atoms with Crippen molar-refractivity contribution in [1.29, 1.82) is 0 Å². The number of carbonyl (C=O) groups is 3. The average Bonchev–Trinajstić information content (AvgIpc) is 2.89. The van der Waals surface area contributed by atoms with Gasteiger partial charge in [0.1, 0.15) is 5.75 Å². The lowest BCUT2D eigenvalue weighted by molar-refractivity contribution is -0.131. The number of aryl methyl sites for hydroxylation is 2. The first-order valence-electron chi connectivity index (χ1n) is 12.2. The van der Waals surface area contributed by atoms with Crippen LogP contribution in [0.15, 0.2) is 78.9 Å². The lowest BCUT2D eigenvalue weighted by Crippen LogP contribution is -2.23. The van der Waals surface area contributed by atoms with Crippen molar-refractivity contribution in [2.45, 2.75) is 33.6 Å². The maximum atomic E-state index is 13.3. The van der Waals surface area contributed by atoms with Gasteiger partial charge in [-0.1, -0.05) is 56.3 Å². The van der Waals surface area contributed by atoms with Crippen LogP contribution < -0.4 is 20.7 Å². The molecule has 4 aromatic rings. The van der Waals surface area contributed by atoms with E-state index < -0.39 is 12.0 Å². The quantitative estimate of drug-likeness (QED) is 0.194. The fraction of sp³-hybridized carbons (Fsp3) is 0.167. The summed E-state index contributed by atoms with van der Waals surface area (Å²) in [6.07, 6.45) is 1.56. The molecule has 3 N–H and O–H groups in total. The molecule has 0 heterocycles. The van der Waals surface area contributed by atoms with Crippen molar-refractivity contribution in [3.05, 3.63) is 95.6 Å². The van der Waals surface area contributed by atoms with E-state index in [0.717, 1.165) is 40.4 Å². The summed E-state index contributed by atoms with van der Waals surface area (Å²) in [7, 11) is 0. The van der Waals surface area contributed by atoms with Crippen LogP contribution in [0.25, 0.3) is 10.8 Å². The monoisotopic (exact) mass is 495 g/mol. The Bertz CT molecular complexity index is 1440. The van der Waals surface area contributed by atoms with Gasteiger partial charge >= 0.3 is 12.0 Å². The second kappa shape index (κ2) is 11.4. The fourth-order valence-electron chi connectivity index (χ4n) is 4.17. The van der Waals surface area contributed by atoms with Gasteiger partial charge in [0.25, 0.3) is 5.91 Å². The van der Waals surface area contributed by atoms with Crippen LogP contribution in [0.5, 0.6) is 5.75 Å². The van der Waals surface area contributed by atoms with E-state index in [1.165, 1.54) is 6.92 Å². The summed E-state index contributed by atoms with van der Waals surface area (Å²) < 4.78 is 5.05. The molecule has 0 saturated heterocycles. The van der Waals surface area contributed by atoms with Gasteiger partial charge in [0.05, 0.1) is 11.3 Å². The predicted octanol–water partition coefficient (Wildman–Crippen LogP) is 6.79. The first-order valence-corrected chi connectivity index (χ1v) is 12.2. The summed E-state index contributed by atoms with van der Waals surface area (Å²) in [5.41, 5.74) is 4.11. The topological polar surface area (TPSA) is 96.5 Å². The number of hydrogen-bond acceptors (Lipinski definition) is 4. The van der Waals surface area contributed by atoms with Gasteiger partial charge in [-0.3, -0.25) is 9.59 Å². The standard InChI is InChI=1S/C30H29N3O4/c1-4-20-11-8-12-21(5-2)28(20)33-30(36)32-27-18-23-10-7-6-9-22(23)17-26(27)29(35)31-24-13-15-25(16-14-24)37-19(3)34/h6-18H,4-5H2,1-3H3,(H,31,35)(H2,32,33,36). The zero-order valence-corrected chi connectivity index (χ0v) is 21.1. The lowest BCUT2D eigenvalue weighted by Gasteiger charge is -2.17. The normalized spacial score (nSPS) is 10.6. The summed E-state index contributed by atoms with van der Waals surface area (Å²) in [6, 6.07) is 23.2. The number of nitrogens with one attached hydrogen (secondary N) is 3. The minimum Gasteiger partial charge on any atom is -0.427 e. The van der Waals surface area contributed by atoms with Gasteiger partial charge in [0.2, 0.25) is 0 Å². The smallest absolute Gasteiger partial charge is 0.323 e. The molecule has 7 heteroatoms. The molecule has 0 aliphatic carbocycles. The molecular formula is C30H29N3O4. The Kier molecular flexibility index (Phi) is 7.83. The van der Waals surface area contributed by atoms with Crippen molar-refractivity contribution in [2.75, 3.05) is 16.0 Å². The van der Waals surface area contributed by atoms with E-state index in [0.29, 0.717) is 22.7 Å². The largest absolute Gasteiger partial charge is 0.427 e. The third-order valence-electron chi connectivity index (χ3n) is 5.99. The third-order valence-corrected chi connectivity index (χ3v) is 5.99. The van der Waals surface area contributed by atoms with Gasteiger partial charge in [-0.15, -0.1) is 0 Å². The number of carbonyl (C=O) groups excluding carboxylic acids is 3. The highest BCUT2D eigenvalue weighted by Crippen LogP contribution is 2.27. The number of rotatable bonds is 7. The molecule has 0 spiro atoms. The van der Waals surface area contributed by atoms with Gasteiger partial charge in [0.15, 0.2) is 0 Å². The van der Waals surface area contributed by atoms with Crippen LogP contribution in [0.3, 0.4) is 0 Å². The molecule has 37 heavy (non-hydrogen) atoms. The molecule has 0 bridgehead atoms. The van der Waals surface area contributed by atoms with E-state index in [1.54, 1.807) is 36.4 Å². The lowest BCUT2D eigenvalue weighted by atomic mass is 10.0. The zero-order valence-electron chi connectivity index (χ0n) is 21.1. The molecule has 188 valence electrons. The predicted molar refractivity (Wildman–Crippen MR) is 147 cm³/mol. The number of para-hydroxylation sites is 1. The summed E-state index contributed by atoms with van der Waals surface area (Å²) in [5.74, 6) is -0.423. The molecule has 7 nitrogen and oxygen atoms in total. The van der Waals surface area contributed by atoms with Crippen molar-refractivity contribution in [3.63, 3.8) is 0 Å². The Balaban J connectivity index is 1.61. The van der Waals surface area contributed by atoms with E-state index >= 15 is 0 Å². The Morgan fingerprint density at radius 3 is 1.95 bits per heavy atom. The van der Waals surface area contributed by atoms with Crippen LogP contribution in [0.4, 0.5) is 21.9 Å². The van der Waals surface area contributed by atoms with Crippen LogP contribution in [0.2, 0.25) is 0 Å². The third kappa shape index (κ3) is 6.13. The van der Waals surface area contributed by atoms with Crippen LogP contribution in [-0.2, 0) is 17.6 Å². The number of hydrogen-bond donors (Lipinski definition) is 3. The van der Waals surface area contributed by atoms with Gasteiger partial charge in [-0.05, 0) is 71.1 Å². The SMILES string of the molecule is CCc1cccc(CC)c1NC(=O)Nc1cc2ccccc2cc1C(=O)Nc1ccc(OC(C)=O)cc1. The van der Waals surface area contributed by atoms with Crippen molar-refractivity contribution in [1.82, 2.24) is 0 Å². The maximum absolute atomic E-state index is 13.3. The Labute approximate surface area is 215 Å².